The molecule has 7 heteroatoms. The van der Waals surface area contributed by atoms with Crippen molar-refractivity contribution in [3.8, 4) is 11.5 Å². The van der Waals surface area contributed by atoms with Crippen molar-refractivity contribution in [1.29, 1.82) is 0 Å². The van der Waals surface area contributed by atoms with E-state index in [1.807, 2.05) is 0 Å². The normalized spacial score (nSPS) is 25.3. The van der Waals surface area contributed by atoms with Crippen LogP contribution >= 0.6 is 24.8 Å². The van der Waals surface area contributed by atoms with E-state index in [9.17, 15) is 0 Å². The fourth-order valence-corrected chi connectivity index (χ4v) is 4.36. The number of morpholine rings is 1. The van der Waals surface area contributed by atoms with Crippen molar-refractivity contribution in [2.75, 3.05) is 53.0 Å². The zero-order chi connectivity index (χ0) is 17.8. The summed E-state index contributed by atoms with van der Waals surface area (Å²) in [5, 5.41) is 0. The van der Waals surface area contributed by atoms with E-state index in [4.69, 9.17) is 14.2 Å². The number of nitrogens with zero attached hydrogens (tertiary/aromatic N) is 2. The van der Waals surface area contributed by atoms with Crippen LogP contribution in [0.15, 0.2) is 18.2 Å². The van der Waals surface area contributed by atoms with E-state index in [0.717, 1.165) is 63.1 Å². The van der Waals surface area contributed by atoms with Gasteiger partial charge in [0.1, 0.15) is 0 Å². The van der Waals surface area contributed by atoms with Gasteiger partial charge in [0.2, 0.25) is 0 Å². The molecule has 1 aromatic rings. The third kappa shape index (κ3) is 6.14. The molecule has 5 nitrogen and oxygen atoms in total. The van der Waals surface area contributed by atoms with Crippen LogP contribution in [-0.4, -0.2) is 69.0 Å². The molecule has 0 unspecified atom stereocenters. The average molecular weight is 433 g/mol. The molecule has 28 heavy (non-hydrogen) atoms. The van der Waals surface area contributed by atoms with Gasteiger partial charge in [-0.2, -0.15) is 0 Å². The van der Waals surface area contributed by atoms with Gasteiger partial charge in [-0.1, -0.05) is 6.07 Å². The topological polar surface area (TPSA) is 34.2 Å². The summed E-state index contributed by atoms with van der Waals surface area (Å²) in [4.78, 5) is 5.05. The molecule has 2 saturated heterocycles. The Morgan fingerprint density at radius 3 is 2.36 bits per heavy atom. The first kappa shape index (κ1) is 23.6. The number of ether oxygens (including phenoxy) is 3. The Balaban J connectivity index is 0.00000140. The number of halogens is 2. The van der Waals surface area contributed by atoms with Crippen LogP contribution in [0.2, 0.25) is 0 Å². The van der Waals surface area contributed by atoms with Crippen LogP contribution < -0.4 is 9.47 Å². The van der Waals surface area contributed by atoms with E-state index < -0.39 is 0 Å². The molecule has 0 amide bonds. The Kier molecular flexibility index (Phi) is 9.64. The number of methoxy groups -OCH3 is 1. The van der Waals surface area contributed by atoms with Crippen molar-refractivity contribution in [3.63, 3.8) is 0 Å². The maximum absolute atomic E-state index is 6.31. The lowest BCUT2D eigenvalue weighted by atomic mass is 9.81. The monoisotopic (exact) mass is 432 g/mol. The summed E-state index contributed by atoms with van der Waals surface area (Å²) in [6.07, 6.45) is 5.28. The first-order valence-electron chi connectivity index (χ1n) is 10.2. The van der Waals surface area contributed by atoms with Crippen LogP contribution in [0.25, 0.3) is 0 Å². The Hall–Kier alpha value is -0.720. The molecule has 2 aliphatic heterocycles. The molecule has 4 rings (SSSR count). The van der Waals surface area contributed by atoms with Gasteiger partial charge in [0.25, 0.3) is 0 Å². The van der Waals surface area contributed by atoms with Crippen molar-refractivity contribution in [1.82, 2.24) is 9.80 Å². The van der Waals surface area contributed by atoms with Gasteiger partial charge < -0.3 is 14.2 Å². The third-order valence-electron chi connectivity index (χ3n) is 5.94. The largest absolute Gasteiger partial charge is 0.493 e. The standard InChI is InChI=1S/C21H32N2O3.2ClH/c1-24-20-5-4-17(15-22-6-2-3-7-22)14-21(20)26-19-12-18(13-19)16-23-8-10-25-11-9-23;;/h4-5,14,18-19H,2-3,6-13,15-16H2,1H3;2*1H/t18-,19-;;. The lowest BCUT2D eigenvalue weighted by molar-refractivity contribution is -0.000438. The molecule has 0 bridgehead atoms. The molecule has 0 spiro atoms. The molecule has 1 aliphatic carbocycles. The number of hydrogen-bond acceptors (Lipinski definition) is 5. The highest BCUT2D eigenvalue weighted by Gasteiger charge is 2.33. The molecule has 3 fully saturated rings. The van der Waals surface area contributed by atoms with E-state index >= 15 is 0 Å². The molecule has 1 saturated carbocycles. The van der Waals surface area contributed by atoms with Gasteiger partial charge >= 0.3 is 0 Å². The molecule has 0 radical (unpaired) electrons. The molecule has 0 N–H and O–H groups in total. The summed E-state index contributed by atoms with van der Waals surface area (Å²) < 4.78 is 17.3. The van der Waals surface area contributed by atoms with Gasteiger partial charge in [-0.15, -0.1) is 24.8 Å². The highest BCUT2D eigenvalue weighted by molar-refractivity contribution is 5.85. The number of likely N-dealkylation sites (tertiary alicyclic amines) is 1. The summed E-state index contributed by atoms with van der Waals surface area (Å²) in [5.41, 5.74) is 1.33. The molecular weight excluding hydrogens is 399 g/mol. The van der Waals surface area contributed by atoms with Crippen LogP contribution in [0.4, 0.5) is 0 Å². The zero-order valence-corrected chi connectivity index (χ0v) is 18.4. The van der Waals surface area contributed by atoms with Gasteiger partial charge in [0, 0.05) is 26.2 Å². The lowest BCUT2D eigenvalue weighted by Gasteiger charge is -2.39. The fourth-order valence-electron chi connectivity index (χ4n) is 4.36. The smallest absolute Gasteiger partial charge is 0.161 e. The molecule has 2 heterocycles. The van der Waals surface area contributed by atoms with E-state index in [2.05, 4.69) is 28.0 Å². The Morgan fingerprint density at radius 1 is 0.964 bits per heavy atom. The van der Waals surface area contributed by atoms with E-state index in [1.165, 1.54) is 38.0 Å². The van der Waals surface area contributed by atoms with Crippen molar-refractivity contribution < 1.29 is 14.2 Å². The van der Waals surface area contributed by atoms with E-state index in [-0.39, 0.29) is 24.8 Å². The molecule has 0 atom stereocenters. The van der Waals surface area contributed by atoms with Crippen molar-refractivity contribution >= 4 is 24.8 Å². The first-order chi connectivity index (χ1) is 12.8. The second kappa shape index (κ2) is 11.5. The Labute approximate surface area is 181 Å². The summed E-state index contributed by atoms with van der Waals surface area (Å²) in [6, 6.07) is 6.42. The summed E-state index contributed by atoms with van der Waals surface area (Å²) in [5.74, 6) is 2.53. The number of hydrogen-bond donors (Lipinski definition) is 0. The van der Waals surface area contributed by atoms with Crippen molar-refractivity contribution in [2.24, 2.45) is 5.92 Å². The minimum absolute atomic E-state index is 0. The maximum atomic E-state index is 6.31. The predicted molar refractivity (Wildman–Crippen MR) is 116 cm³/mol. The molecule has 3 aliphatic rings. The van der Waals surface area contributed by atoms with Gasteiger partial charge in [0.05, 0.1) is 26.4 Å². The van der Waals surface area contributed by atoms with Gasteiger partial charge in [-0.05, 0) is 62.4 Å². The quantitative estimate of drug-likeness (QED) is 0.656. The summed E-state index contributed by atoms with van der Waals surface area (Å²) in [7, 11) is 1.73. The highest BCUT2D eigenvalue weighted by Crippen LogP contribution is 2.36. The average Bonchev–Trinajstić information content (AvgIpc) is 3.14. The van der Waals surface area contributed by atoms with Gasteiger partial charge in [-0.25, -0.2) is 0 Å². The maximum Gasteiger partial charge on any atom is 0.161 e. The summed E-state index contributed by atoms with van der Waals surface area (Å²) in [6.45, 7) is 8.56. The minimum Gasteiger partial charge on any atom is -0.493 e. The Morgan fingerprint density at radius 2 is 1.68 bits per heavy atom. The second-order valence-electron chi connectivity index (χ2n) is 7.96. The fraction of sp³-hybridized carbons (Fsp3) is 0.714. The predicted octanol–water partition coefficient (Wildman–Crippen LogP) is 3.62. The highest BCUT2D eigenvalue weighted by atomic mass is 35.5. The van der Waals surface area contributed by atoms with Crippen molar-refractivity contribution in [2.45, 2.75) is 38.3 Å². The zero-order valence-electron chi connectivity index (χ0n) is 16.8. The van der Waals surface area contributed by atoms with Crippen molar-refractivity contribution in [3.05, 3.63) is 23.8 Å². The lowest BCUT2D eigenvalue weighted by Crippen LogP contribution is -2.45. The SMILES string of the molecule is COc1ccc(CN2CCCC2)cc1O[C@H]1C[C@H](CN2CCOCC2)C1.Cl.Cl. The van der Waals surface area contributed by atoms with Crippen LogP contribution in [0.5, 0.6) is 11.5 Å². The number of benzene rings is 1. The van der Waals surface area contributed by atoms with E-state index in [0.29, 0.717) is 6.10 Å². The van der Waals surface area contributed by atoms with Crippen LogP contribution in [0.3, 0.4) is 0 Å². The minimum atomic E-state index is 0. The third-order valence-corrected chi connectivity index (χ3v) is 5.94. The molecule has 160 valence electrons. The molecule has 1 aromatic carbocycles. The first-order valence-corrected chi connectivity index (χ1v) is 10.2. The van der Waals surface area contributed by atoms with Crippen LogP contribution in [-0.2, 0) is 11.3 Å². The Bertz CT molecular complexity index is 587. The summed E-state index contributed by atoms with van der Waals surface area (Å²) >= 11 is 0. The van der Waals surface area contributed by atoms with Crippen LogP contribution in [0, 0.1) is 5.92 Å². The van der Waals surface area contributed by atoms with Gasteiger partial charge in [-0.3, -0.25) is 9.80 Å². The van der Waals surface area contributed by atoms with E-state index in [1.54, 1.807) is 7.11 Å². The van der Waals surface area contributed by atoms with Crippen LogP contribution in [0.1, 0.15) is 31.2 Å². The van der Waals surface area contributed by atoms with Gasteiger partial charge in [0.15, 0.2) is 11.5 Å². The molecule has 0 aromatic heterocycles. The molecular formula is C21H34Cl2N2O3. The number of rotatable bonds is 7. The second-order valence-corrected chi connectivity index (χ2v) is 7.96.